The molecule has 1 amide bonds. The van der Waals surface area contributed by atoms with E-state index in [-0.39, 0.29) is 11.3 Å². The molecule has 0 saturated carbocycles. The largest absolute Gasteiger partial charge is 0.507 e. The molecule has 2 aromatic carbocycles. The summed E-state index contributed by atoms with van der Waals surface area (Å²) in [5, 5.41) is 11.1. The van der Waals surface area contributed by atoms with Crippen molar-refractivity contribution in [2.75, 3.05) is 33.8 Å². The van der Waals surface area contributed by atoms with Gasteiger partial charge >= 0.3 is 0 Å². The van der Waals surface area contributed by atoms with Gasteiger partial charge < -0.3 is 19.6 Å². The van der Waals surface area contributed by atoms with Gasteiger partial charge in [0.1, 0.15) is 11.5 Å². The van der Waals surface area contributed by atoms with Crippen LogP contribution >= 0.6 is 0 Å². The third-order valence-corrected chi connectivity index (χ3v) is 5.36. The molecule has 3 rings (SSSR count). The van der Waals surface area contributed by atoms with Gasteiger partial charge in [-0.3, -0.25) is 9.59 Å². The number of Topliss-reactive ketones (excluding diaryl/α,β-unsaturated/α-hetero) is 1. The Morgan fingerprint density at radius 2 is 1.84 bits per heavy atom. The Kier molecular flexibility index (Phi) is 7.13. The zero-order valence-electron chi connectivity index (χ0n) is 18.6. The molecule has 1 aliphatic heterocycles. The minimum atomic E-state index is -0.658. The first-order valence-electron chi connectivity index (χ1n) is 10.6. The number of carbonyl (C=O) groups excluding carboxylic acids is 2. The van der Waals surface area contributed by atoms with E-state index in [1.807, 2.05) is 57.1 Å². The lowest BCUT2D eigenvalue weighted by molar-refractivity contribution is -0.139. The minimum Gasteiger partial charge on any atom is -0.507 e. The molecule has 1 N–H and O–H groups in total. The molecule has 0 spiro atoms. The molecule has 164 valence electrons. The Hall–Kier alpha value is -3.12. The summed E-state index contributed by atoms with van der Waals surface area (Å²) in [6.45, 7) is 5.57. The molecule has 1 heterocycles. The quantitative estimate of drug-likeness (QED) is 0.398. The van der Waals surface area contributed by atoms with Crippen LogP contribution in [0.4, 0.5) is 0 Å². The van der Waals surface area contributed by atoms with Crippen molar-refractivity contribution in [2.24, 2.45) is 0 Å². The predicted molar refractivity (Wildman–Crippen MR) is 121 cm³/mol. The number of amides is 1. The number of hydrogen-bond acceptors (Lipinski definition) is 5. The normalized spacial score (nSPS) is 18.1. The van der Waals surface area contributed by atoms with E-state index in [0.29, 0.717) is 24.5 Å². The molecule has 1 fully saturated rings. The molecule has 2 aromatic rings. The fraction of sp³-hybridized carbons (Fsp3) is 0.360. The van der Waals surface area contributed by atoms with Crippen molar-refractivity contribution in [3.63, 3.8) is 0 Å². The van der Waals surface area contributed by atoms with Gasteiger partial charge in [0.2, 0.25) is 0 Å². The van der Waals surface area contributed by atoms with Crippen molar-refractivity contribution in [3.8, 4) is 5.75 Å². The molecule has 6 nitrogen and oxygen atoms in total. The second-order valence-corrected chi connectivity index (χ2v) is 8.02. The van der Waals surface area contributed by atoms with Crippen LogP contribution in [-0.2, 0) is 9.59 Å². The highest BCUT2D eigenvalue weighted by Gasteiger charge is 2.45. The van der Waals surface area contributed by atoms with Crippen molar-refractivity contribution in [2.45, 2.75) is 26.3 Å². The van der Waals surface area contributed by atoms with Crippen LogP contribution in [0.5, 0.6) is 5.75 Å². The van der Waals surface area contributed by atoms with Gasteiger partial charge in [-0.2, -0.15) is 0 Å². The number of rotatable bonds is 8. The van der Waals surface area contributed by atoms with Crippen LogP contribution in [-0.4, -0.2) is 60.4 Å². The van der Waals surface area contributed by atoms with Crippen LogP contribution in [0.25, 0.3) is 5.76 Å². The number of hydrogen-bond donors (Lipinski definition) is 1. The van der Waals surface area contributed by atoms with Crippen molar-refractivity contribution in [1.82, 2.24) is 9.80 Å². The molecule has 31 heavy (non-hydrogen) atoms. The summed E-state index contributed by atoms with van der Waals surface area (Å²) in [6, 6.07) is 14.0. The lowest BCUT2D eigenvalue weighted by Gasteiger charge is -2.26. The highest BCUT2D eigenvalue weighted by atomic mass is 16.5. The van der Waals surface area contributed by atoms with Gasteiger partial charge in [0, 0.05) is 12.1 Å². The highest BCUT2D eigenvalue weighted by Crippen LogP contribution is 2.39. The zero-order chi connectivity index (χ0) is 22.5. The van der Waals surface area contributed by atoms with Crippen molar-refractivity contribution >= 4 is 17.4 Å². The van der Waals surface area contributed by atoms with E-state index in [1.54, 1.807) is 29.2 Å². The summed E-state index contributed by atoms with van der Waals surface area (Å²) >= 11 is 0. The predicted octanol–water partition coefficient (Wildman–Crippen LogP) is 3.77. The zero-order valence-corrected chi connectivity index (χ0v) is 18.6. The molecule has 1 saturated heterocycles. The molecule has 1 unspecified atom stereocenters. The molecule has 0 aromatic heterocycles. The van der Waals surface area contributed by atoms with Gasteiger partial charge in [-0.1, -0.05) is 42.0 Å². The van der Waals surface area contributed by atoms with Crippen molar-refractivity contribution in [1.29, 1.82) is 0 Å². The molecule has 1 atom stereocenters. The number of carbonyl (C=O) groups is 2. The molecule has 0 aliphatic carbocycles. The van der Waals surface area contributed by atoms with Gasteiger partial charge in [-0.25, -0.2) is 0 Å². The molecular formula is C25H30N2O4. The lowest BCUT2D eigenvalue weighted by Crippen LogP contribution is -2.32. The second kappa shape index (κ2) is 9.79. The molecule has 6 heteroatoms. The maximum Gasteiger partial charge on any atom is 0.295 e. The number of ether oxygens (including phenoxy) is 1. The first-order chi connectivity index (χ1) is 14.8. The summed E-state index contributed by atoms with van der Waals surface area (Å²) in [6.07, 6.45) is 0.724. The van der Waals surface area contributed by atoms with Crippen LogP contribution in [0.2, 0.25) is 0 Å². The van der Waals surface area contributed by atoms with E-state index in [2.05, 4.69) is 0 Å². The van der Waals surface area contributed by atoms with Gasteiger partial charge in [-0.05, 0) is 58.6 Å². The topological polar surface area (TPSA) is 70.1 Å². The Morgan fingerprint density at radius 1 is 1.13 bits per heavy atom. The fourth-order valence-corrected chi connectivity index (χ4v) is 3.82. The SMILES string of the molecule is CCOc1cccc(/C(O)=C2\C(=O)C(=O)N(CCCN(C)C)C2c2ccc(C)cc2)c1. The number of aryl methyl sites for hydroxylation is 1. The monoisotopic (exact) mass is 422 g/mol. The average molecular weight is 423 g/mol. The van der Waals surface area contributed by atoms with Crippen molar-refractivity contribution in [3.05, 3.63) is 70.8 Å². The standard InChI is InChI=1S/C25H30N2O4/c1-5-31-20-9-6-8-19(16-20)23(28)21-22(18-12-10-17(2)11-13-18)27(25(30)24(21)29)15-7-14-26(3)4/h6,8-13,16,22,28H,5,7,14-15H2,1-4H3/b23-21+. The summed E-state index contributed by atoms with van der Waals surface area (Å²) in [4.78, 5) is 29.6. The minimum absolute atomic E-state index is 0.118. The molecule has 0 radical (unpaired) electrons. The maximum atomic E-state index is 13.0. The van der Waals surface area contributed by atoms with Crippen LogP contribution in [0, 0.1) is 6.92 Å². The first-order valence-corrected chi connectivity index (χ1v) is 10.6. The third kappa shape index (κ3) is 4.97. The van der Waals surface area contributed by atoms with E-state index >= 15 is 0 Å². The van der Waals surface area contributed by atoms with Gasteiger partial charge in [0.25, 0.3) is 11.7 Å². The summed E-state index contributed by atoms with van der Waals surface area (Å²) < 4.78 is 5.53. The van der Waals surface area contributed by atoms with E-state index < -0.39 is 17.7 Å². The van der Waals surface area contributed by atoms with E-state index in [1.165, 1.54) is 0 Å². The average Bonchev–Trinajstić information content (AvgIpc) is 2.99. The second-order valence-electron chi connectivity index (χ2n) is 8.02. The van der Waals surface area contributed by atoms with Crippen LogP contribution in [0.15, 0.2) is 54.1 Å². The van der Waals surface area contributed by atoms with Crippen LogP contribution in [0.1, 0.15) is 36.1 Å². The molecule has 1 aliphatic rings. The van der Waals surface area contributed by atoms with E-state index in [4.69, 9.17) is 4.74 Å². The van der Waals surface area contributed by atoms with Crippen LogP contribution < -0.4 is 4.74 Å². The van der Waals surface area contributed by atoms with Crippen LogP contribution in [0.3, 0.4) is 0 Å². The Labute approximate surface area is 183 Å². The number of likely N-dealkylation sites (tertiary alicyclic amines) is 1. The maximum absolute atomic E-state index is 13.0. The number of nitrogens with zero attached hydrogens (tertiary/aromatic N) is 2. The molecular weight excluding hydrogens is 392 g/mol. The Balaban J connectivity index is 2.08. The number of ketones is 1. The Morgan fingerprint density at radius 3 is 2.48 bits per heavy atom. The summed E-state index contributed by atoms with van der Waals surface area (Å²) in [7, 11) is 3.94. The first kappa shape index (κ1) is 22.6. The van der Waals surface area contributed by atoms with E-state index in [0.717, 1.165) is 24.1 Å². The third-order valence-electron chi connectivity index (χ3n) is 5.36. The molecule has 0 bridgehead atoms. The number of benzene rings is 2. The highest BCUT2D eigenvalue weighted by molar-refractivity contribution is 6.46. The number of aliphatic hydroxyl groups is 1. The van der Waals surface area contributed by atoms with Gasteiger partial charge in [0.15, 0.2) is 0 Å². The van der Waals surface area contributed by atoms with Gasteiger partial charge in [-0.15, -0.1) is 0 Å². The smallest absolute Gasteiger partial charge is 0.295 e. The van der Waals surface area contributed by atoms with Crippen molar-refractivity contribution < 1.29 is 19.4 Å². The Bertz CT molecular complexity index is 979. The summed E-state index contributed by atoms with van der Waals surface area (Å²) in [5.74, 6) is -0.819. The number of aliphatic hydroxyl groups excluding tert-OH is 1. The van der Waals surface area contributed by atoms with E-state index in [9.17, 15) is 14.7 Å². The lowest BCUT2D eigenvalue weighted by atomic mass is 9.94. The fourth-order valence-electron chi connectivity index (χ4n) is 3.82. The summed E-state index contributed by atoms with van der Waals surface area (Å²) in [5.41, 5.74) is 2.46. The van der Waals surface area contributed by atoms with Gasteiger partial charge in [0.05, 0.1) is 18.2 Å².